The molecule has 0 bridgehead atoms. The van der Waals surface area contributed by atoms with Gasteiger partial charge in [-0.2, -0.15) is 5.26 Å². The summed E-state index contributed by atoms with van der Waals surface area (Å²) in [6, 6.07) is 5.32. The van der Waals surface area contributed by atoms with Crippen molar-refractivity contribution >= 4 is 5.97 Å². The van der Waals surface area contributed by atoms with E-state index in [1.807, 2.05) is 0 Å². The molecule has 0 aliphatic carbocycles. The third kappa shape index (κ3) is 2.07. The Hall–Kier alpha value is -1.89. The van der Waals surface area contributed by atoms with Gasteiger partial charge < -0.3 is 4.74 Å². The van der Waals surface area contributed by atoms with E-state index in [1.165, 1.54) is 13.3 Å². The summed E-state index contributed by atoms with van der Waals surface area (Å²) in [5.41, 5.74) is 1.04. The van der Waals surface area contributed by atoms with Gasteiger partial charge in [-0.3, -0.25) is 4.98 Å². The van der Waals surface area contributed by atoms with E-state index >= 15 is 0 Å². The number of nitrogens with zero attached hydrogens (tertiary/aromatic N) is 2. The van der Waals surface area contributed by atoms with Gasteiger partial charge in [0.25, 0.3) is 0 Å². The van der Waals surface area contributed by atoms with Gasteiger partial charge in [-0.1, -0.05) is 0 Å². The number of nitriles is 1. The van der Waals surface area contributed by atoms with Gasteiger partial charge in [-0.05, 0) is 19.1 Å². The minimum Gasteiger partial charge on any atom is -0.465 e. The van der Waals surface area contributed by atoms with Gasteiger partial charge in [-0.25, -0.2) is 4.79 Å². The number of pyridine rings is 1. The molecule has 1 atom stereocenters. The van der Waals surface area contributed by atoms with Gasteiger partial charge in [0.2, 0.25) is 0 Å². The van der Waals surface area contributed by atoms with Gasteiger partial charge in [0.15, 0.2) is 0 Å². The smallest absolute Gasteiger partial charge is 0.339 e. The Kier molecular flexibility index (Phi) is 3.19. The zero-order chi connectivity index (χ0) is 10.6. The monoisotopic (exact) mass is 190 g/mol. The molecule has 0 aliphatic rings. The molecule has 4 nitrogen and oxygen atoms in total. The average Bonchev–Trinajstić information content (AvgIpc) is 2.27. The van der Waals surface area contributed by atoms with Crippen molar-refractivity contribution in [1.29, 1.82) is 5.26 Å². The van der Waals surface area contributed by atoms with E-state index in [1.54, 1.807) is 19.1 Å². The van der Waals surface area contributed by atoms with E-state index in [0.29, 0.717) is 11.3 Å². The second-order valence-corrected chi connectivity index (χ2v) is 2.81. The van der Waals surface area contributed by atoms with Crippen LogP contribution in [0.2, 0.25) is 0 Å². The predicted molar refractivity (Wildman–Crippen MR) is 49.6 cm³/mol. The predicted octanol–water partition coefficient (Wildman–Crippen LogP) is 1.50. The van der Waals surface area contributed by atoms with Crippen LogP contribution in [0.25, 0.3) is 0 Å². The highest BCUT2D eigenvalue weighted by Gasteiger charge is 2.08. The quantitative estimate of drug-likeness (QED) is 0.663. The maximum Gasteiger partial charge on any atom is 0.339 e. The van der Waals surface area contributed by atoms with Crippen LogP contribution >= 0.6 is 0 Å². The van der Waals surface area contributed by atoms with Crippen LogP contribution in [0.3, 0.4) is 0 Å². The molecule has 0 aromatic carbocycles. The summed E-state index contributed by atoms with van der Waals surface area (Å²) < 4.78 is 4.52. The highest BCUT2D eigenvalue weighted by molar-refractivity contribution is 5.88. The molecule has 1 aromatic rings. The van der Waals surface area contributed by atoms with E-state index in [2.05, 4.69) is 15.8 Å². The van der Waals surface area contributed by atoms with Crippen molar-refractivity contribution in [3.05, 3.63) is 29.6 Å². The molecule has 4 heteroatoms. The van der Waals surface area contributed by atoms with Crippen molar-refractivity contribution in [1.82, 2.24) is 4.98 Å². The average molecular weight is 190 g/mol. The van der Waals surface area contributed by atoms with Crippen LogP contribution in [0.5, 0.6) is 0 Å². The van der Waals surface area contributed by atoms with Gasteiger partial charge in [0.05, 0.1) is 30.4 Å². The van der Waals surface area contributed by atoms with Crippen LogP contribution in [-0.2, 0) is 4.74 Å². The van der Waals surface area contributed by atoms with Crippen molar-refractivity contribution in [2.75, 3.05) is 7.11 Å². The normalized spacial score (nSPS) is 11.5. The van der Waals surface area contributed by atoms with Gasteiger partial charge in [-0.15, -0.1) is 0 Å². The highest BCUT2D eigenvalue weighted by atomic mass is 16.5. The van der Waals surface area contributed by atoms with E-state index in [0.717, 1.165) is 0 Å². The zero-order valence-corrected chi connectivity index (χ0v) is 8.02. The standard InChI is InChI=1S/C10H10N2O2/c1-7(5-11)9-4-3-8(6-12-9)10(13)14-2/h3-4,6-7H,1-2H3. The molecule has 0 spiro atoms. The molecule has 0 N–H and O–H groups in total. The first kappa shape index (κ1) is 10.2. The molecule has 0 saturated carbocycles. The SMILES string of the molecule is COC(=O)c1ccc(C(C)C#N)nc1. The number of carbonyl (C=O) groups is 1. The molecule has 1 heterocycles. The molecule has 72 valence electrons. The molecular weight excluding hydrogens is 180 g/mol. The first-order valence-electron chi connectivity index (χ1n) is 4.13. The fourth-order valence-electron chi connectivity index (χ4n) is 0.966. The Bertz CT molecular complexity index is 365. The minimum absolute atomic E-state index is 0.262. The number of hydrogen-bond donors (Lipinski definition) is 0. The molecule has 0 aliphatic heterocycles. The van der Waals surface area contributed by atoms with E-state index in [-0.39, 0.29) is 5.92 Å². The lowest BCUT2D eigenvalue weighted by molar-refractivity contribution is 0.0600. The Morgan fingerprint density at radius 1 is 1.64 bits per heavy atom. The van der Waals surface area contributed by atoms with Crippen molar-refractivity contribution in [3.8, 4) is 6.07 Å². The third-order valence-electron chi connectivity index (χ3n) is 1.84. The van der Waals surface area contributed by atoms with Crippen LogP contribution in [0.4, 0.5) is 0 Å². The molecule has 0 radical (unpaired) electrons. The second kappa shape index (κ2) is 4.38. The molecular formula is C10H10N2O2. The van der Waals surface area contributed by atoms with Gasteiger partial charge >= 0.3 is 5.97 Å². The Morgan fingerprint density at radius 3 is 2.79 bits per heavy atom. The summed E-state index contributed by atoms with van der Waals surface area (Å²) in [6.45, 7) is 1.75. The third-order valence-corrected chi connectivity index (χ3v) is 1.84. The number of rotatable bonds is 2. The lowest BCUT2D eigenvalue weighted by Crippen LogP contribution is -2.03. The summed E-state index contributed by atoms with van der Waals surface area (Å²) in [7, 11) is 1.31. The first-order chi connectivity index (χ1) is 6.69. The van der Waals surface area contributed by atoms with Crippen LogP contribution in [0.1, 0.15) is 28.9 Å². The summed E-state index contributed by atoms with van der Waals surface area (Å²) in [4.78, 5) is 15.0. The lowest BCUT2D eigenvalue weighted by atomic mass is 10.1. The Morgan fingerprint density at radius 2 is 2.36 bits per heavy atom. The molecule has 14 heavy (non-hydrogen) atoms. The van der Waals surface area contributed by atoms with Crippen LogP contribution < -0.4 is 0 Å². The second-order valence-electron chi connectivity index (χ2n) is 2.81. The molecule has 0 fully saturated rings. The minimum atomic E-state index is -0.423. The highest BCUT2D eigenvalue weighted by Crippen LogP contribution is 2.11. The van der Waals surface area contributed by atoms with E-state index in [9.17, 15) is 4.79 Å². The number of ether oxygens (including phenoxy) is 1. The van der Waals surface area contributed by atoms with E-state index in [4.69, 9.17) is 5.26 Å². The largest absolute Gasteiger partial charge is 0.465 e. The summed E-state index contributed by atoms with van der Waals surface area (Å²) in [6.07, 6.45) is 1.41. The fraction of sp³-hybridized carbons (Fsp3) is 0.300. The van der Waals surface area contributed by atoms with Gasteiger partial charge in [0, 0.05) is 6.20 Å². The van der Waals surface area contributed by atoms with Crippen molar-refractivity contribution in [2.24, 2.45) is 0 Å². The molecule has 1 rings (SSSR count). The maximum absolute atomic E-state index is 11.0. The maximum atomic E-state index is 11.0. The lowest BCUT2D eigenvalue weighted by Gasteiger charge is -2.02. The Labute approximate surface area is 82.1 Å². The number of aromatic nitrogens is 1. The van der Waals surface area contributed by atoms with Crippen LogP contribution in [0.15, 0.2) is 18.3 Å². The van der Waals surface area contributed by atoms with Crippen molar-refractivity contribution in [2.45, 2.75) is 12.8 Å². The molecule has 0 amide bonds. The number of hydrogen-bond acceptors (Lipinski definition) is 4. The van der Waals surface area contributed by atoms with E-state index < -0.39 is 5.97 Å². The van der Waals surface area contributed by atoms with Crippen LogP contribution in [0, 0.1) is 11.3 Å². The first-order valence-corrected chi connectivity index (χ1v) is 4.13. The van der Waals surface area contributed by atoms with Crippen LogP contribution in [-0.4, -0.2) is 18.1 Å². The fourth-order valence-corrected chi connectivity index (χ4v) is 0.966. The molecule has 0 saturated heterocycles. The number of methoxy groups -OCH3 is 1. The van der Waals surface area contributed by atoms with Crippen molar-refractivity contribution in [3.63, 3.8) is 0 Å². The topological polar surface area (TPSA) is 63.0 Å². The Balaban J connectivity index is 2.90. The number of carbonyl (C=O) groups excluding carboxylic acids is 1. The summed E-state index contributed by atoms with van der Waals surface area (Å²) in [5.74, 6) is -0.685. The number of esters is 1. The van der Waals surface area contributed by atoms with Gasteiger partial charge in [0.1, 0.15) is 0 Å². The zero-order valence-electron chi connectivity index (χ0n) is 8.02. The summed E-state index contributed by atoms with van der Waals surface area (Å²) in [5, 5.41) is 8.63. The van der Waals surface area contributed by atoms with Crippen molar-refractivity contribution < 1.29 is 9.53 Å². The molecule has 1 aromatic heterocycles. The molecule has 1 unspecified atom stereocenters. The summed E-state index contributed by atoms with van der Waals surface area (Å²) >= 11 is 0.